The number of hydrogen-bond donors (Lipinski definition) is 2. The van der Waals surface area contributed by atoms with Crippen LogP contribution in [-0.2, 0) is 6.42 Å². The number of nitrogens with one attached hydrogen (secondary N) is 1. The summed E-state index contributed by atoms with van der Waals surface area (Å²) in [5, 5.41) is 13.4. The van der Waals surface area contributed by atoms with Crippen molar-refractivity contribution < 1.29 is 9.84 Å². The fourth-order valence-electron chi connectivity index (χ4n) is 1.68. The molecule has 0 saturated carbocycles. The Hall–Kier alpha value is -1.06. The largest absolute Gasteiger partial charge is 0.496 e. The highest BCUT2D eigenvalue weighted by Gasteiger charge is 2.23. The van der Waals surface area contributed by atoms with E-state index in [2.05, 4.69) is 11.4 Å². The fourth-order valence-corrected chi connectivity index (χ4v) is 1.68. The van der Waals surface area contributed by atoms with Gasteiger partial charge in [-0.15, -0.1) is 0 Å². The zero-order valence-electron chi connectivity index (χ0n) is 11.9. The topological polar surface area (TPSA) is 41.5 Å². The van der Waals surface area contributed by atoms with E-state index in [4.69, 9.17) is 4.74 Å². The van der Waals surface area contributed by atoms with Gasteiger partial charge in [-0.1, -0.05) is 32.0 Å². The molecule has 0 amide bonds. The number of methoxy groups -OCH3 is 1. The van der Waals surface area contributed by atoms with Gasteiger partial charge in [-0.3, -0.25) is 0 Å². The number of benzene rings is 1. The molecule has 2 N–H and O–H groups in total. The van der Waals surface area contributed by atoms with Crippen LogP contribution in [0.2, 0.25) is 0 Å². The summed E-state index contributed by atoms with van der Waals surface area (Å²) in [4.78, 5) is 0. The van der Waals surface area contributed by atoms with Crippen molar-refractivity contribution in [2.75, 3.05) is 20.2 Å². The molecule has 0 saturated heterocycles. The molecule has 0 heterocycles. The number of aliphatic hydroxyl groups is 1. The average molecular weight is 251 g/mol. The van der Waals surface area contributed by atoms with Crippen LogP contribution in [-0.4, -0.2) is 30.9 Å². The SMILES string of the molecule is COc1ccccc1CCNCC(C)(O)C(C)C. The molecule has 102 valence electrons. The quantitative estimate of drug-likeness (QED) is 0.730. The molecule has 0 aliphatic rings. The predicted molar refractivity (Wildman–Crippen MR) is 75.0 cm³/mol. The lowest BCUT2D eigenvalue weighted by atomic mass is 9.92. The standard InChI is InChI=1S/C15H25NO2/c1-12(2)15(3,17)11-16-10-9-13-7-5-6-8-14(13)18-4/h5-8,12,16-17H,9-11H2,1-4H3. The second-order valence-electron chi connectivity index (χ2n) is 5.25. The summed E-state index contributed by atoms with van der Waals surface area (Å²) in [6.45, 7) is 7.38. The summed E-state index contributed by atoms with van der Waals surface area (Å²) < 4.78 is 5.30. The minimum Gasteiger partial charge on any atom is -0.496 e. The molecule has 1 unspecified atom stereocenters. The normalized spacial score (nSPS) is 14.6. The lowest BCUT2D eigenvalue weighted by Crippen LogP contribution is -2.42. The van der Waals surface area contributed by atoms with Crippen LogP contribution in [0, 0.1) is 5.92 Å². The van der Waals surface area contributed by atoms with Gasteiger partial charge in [0.05, 0.1) is 12.7 Å². The number of ether oxygens (including phenoxy) is 1. The van der Waals surface area contributed by atoms with Crippen LogP contribution in [0.5, 0.6) is 5.75 Å². The van der Waals surface area contributed by atoms with Crippen LogP contribution in [0.1, 0.15) is 26.3 Å². The van der Waals surface area contributed by atoms with Crippen molar-refractivity contribution in [2.45, 2.75) is 32.8 Å². The Labute approximate surface area is 110 Å². The molecule has 18 heavy (non-hydrogen) atoms. The molecule has 0 bridgehead atoms. The van der Waals surface area contributed by atoms with Crippen molar-refractivity contribution in [2.24, 2.45) is 5.92 Å². The third-order valence-corrected chi connectivity index (χ3v) is 3.49. The summed E-state index contributed by atoms with van der Waals surface area (Å²) >= 11 is 0. The molecule has 1 aromatic carbocycles. The van der Waals surface area contributed by atoms with Gasteiger partial charge in [-0.2, -0.15) is 0 Å². The minimum absolute atomic E-state index is 0.247. The second-order valence-corrected chi connectivity index (χ2v) is 5.25. The van der Waals surface area contributed by atoms with Crippen LogP contribution in [0.4, 0.5) is 0 Å². The molecule has 3 heteroatoms. The van der Waals surface area contributed by atoms with Crippen molar-refractivity contribution in [1.82, 2.24) is 5.32 Å². The molecular formula is C15H25NO2. The first-order chi connectivity index (χ1) is 8.47. The van der Waals surface area contributed by atoms with E-state index in [0.717, 1.165) is 18.7 Å². The maximum atomic E-state index is 10.1. The van der Waals surface area contributed by atoms with Crippen LogP contribution in [0.15, 0.2) is 24.3 Å². The number of rotatable bonds is 7. The van der Waals surface area contributed by atoms with Gasteiger partial charge in [0.25, 0.3) is 0 Å². The third-order valence-electron chi connectivity index (χ3n) is 3.49. The van der Waals surface area contributed by atoms with E-state index in [1.54, 1.807) is 7.11 Å². The molecule has 0 radical (unpaired) electrons. The maximum absolute atomic E-state index is 10.1. The smallest absolute Gasteiger partial charge is 0.122 e. The Kier molecular flexibility index (Phi) is 5.63. The molecule has 3 nitrogen and oxygen atoms in total. The number of hydrogen-bond acceptors (Lipinski definition) is 3. The molecular weight excluding hydrogens is 226 g/mol. The van der Waals surface area contributed by atoms with Gasteiger partial charge in [0.2, 0.25) is 0 Å². The summed E-state index contributed by atoms with van der Waals surface area (Å²) in [7, 11) is 1.69. The van der Waals surface area contributed by atoms with Crippen molar-refractivity contribution >= 4 is 0 Å². The molecule has 0 aromatic heterocycles. The van der Waals surface area contributed by atoms with Crippen LogP contribution >= 0.6 is 0 Å². The lowest BCUT2D eigenvalue weighted by Gasteiger charge is -2.28. The van der Waals surface area contributed by atoms with Crippen LogP contribution in [0.3, 0.4) is 0 Å². The summed E-state index contributed by atoms with van der Waals surface area (Å²) in [5.41, 5.74) is 0.539. The highest BCUT2D eigenvalue weighted by atomic mass is 16.5. The molecule has 1 aromatic rings. The van der Waals surface area contributed by atoms with E-state index in [1.807, 2.05) is 39.0 Å². The highest BCUT2D eigenvalue weighted by molar-refractivity contribution is 5.33. The molecule has 0 spiro atoms. The van der Waals surface area contributed by atoms with Crippen LogP contribution in [0.25, 0.3) is 0 Å². The van der Waals surface area contributed by atoms with Crippen molar-refractivity contribution in [3.63, 3.8) is 0 Å². The van der Waals surface area contributed by atoms with Gasteiger partial charge in [0.1, 0.15) is 5.75 Å². The van der Waals surface area contributed by atoms with Gasteiger partial charge in [-0.05, 0) is 37.4 Å². The fraction of sp³-hybridized carbons (Fsp3) is 0.600. The van der Waals surface area contributed by atoms with Crippen molar-refractivity contribution in [3.05, 3.63) is 29.8 Å². The molecule has 1 atom stereocenters. The first kappa shape index (κ1) is 15.0. The zero-order valence-corrected chi connectivity index (χ0v) is 11.9. The Morgan fingerprint density at radius 2 is 2.00 bits per heavy atom. The predicted octanol–water partition coefficient (Wildman–Crippen LogP) is 2.23. The Morgan fingerprint density at radius 3 is 2.61 bits per heavy atom. The van der Waals surface area contributed by atoms with Gasteiger partial charge >= 0.3 is 0 Å². The summed E-state index contributed by atoms with van der Waals surface area (Å²) in [6, 6.07) is 8.03. The summed E-state index contributed by atoms with van der Waals surface area (Å²) in [5.74, 6) is 1.17. The average Bonchev–Trinajstić information content (AvgIpc) is 2.35. The second kappa shape index (κ2) is 6.76. The van der Waals surface area contributed by atoms with E-state index in [9.17, 15) is 5.11 Å². The minimum atomic E-state index is -0.652. The van der Waals surface area contributed by atoms with E-state index >= 15 is 0 Å². The zero-order chi connectivity index (χ0) is 13.6. The van der Waals surface area contributed by atoms with Gasteiger partial charge in [0, 0.05) is 6.54 Å². The molecule has 0 fully saturated rings. The Balaban J connectivity index is 2.38. The highest BCUT2D eigenvalue weighted by Crippen LogP contribution is 2.18. The summed E-state index contributed by atoms with van der Waals surface area (Å²) in [6.07, 6.45) is 0.901. The van der Waals surface area contributed by atoms with Gasteiger partial charge in [-0.25, -0.2) is 0 Å². The van der Waals surface area contributed by atoms with E-state index in [0.29, 0.717) is 6.54 Å². The van der Waals surface area contributed by atoms with Gasteiger partial charge in [0.15, 0.2) is 0 Å². The first-order valence-corrected chi connectivity index (χ1v) is 6.52. The third kappa shape index (κ3) is 4.31. The lowest BCUT2D eigenvalue weighted by molar-refractivity contribution is 0.0145. The number of para-hydroxylation sites is 1. The maximum Gasteiger partial charge on any atom is 0.122 e. The Bertz CT molecular complexity index is 361. The van der Waals surface area contributed by atoms with E-state index < -0.39 is 5.60 Å². The van der Waals surface area contributed by atoms with Crippen molar-refractivity contribution in [1.29, 1.82) is 0 Å². The molecule has 1 rings (SSSR count). The Morgan fingerprint density at radius 1 is 1.33 bits per heavy atom. The first-order valence-electron chi connectivity index (χ1n) is 6.52. The van der Waals surface area contributed by atoms with E-state index in [-0.39, 0.29) is 5.92 Å². The molecule has 0 aliphatic carbocycles. The monoisotopic (exact) mass is 251 g/mol. The van der Waals surface area contributed by atoms with E-state index in [1.165, 1.54) is 5.56 Å². The van der Waals surface area contributed by atoms with Gasteiger partial charge < -0.3 is 15.2 Å². The van der Waals surface area contributed by atoms with Crippen LogP contribution < -0.4 is 10.1 Å². The molecule has 0 aliphatic heterocycles. The van der Waals surface area contributed by atoms with Crippen molar-refractivity contribution in [3.8, 4) is 5.75 Å².